The van der Waals surface area contributed by atoms with Crippen molar-refractivity contribution in [3.05, 3.63) is 24.3 Å². The van der Waals surface area contributed by atoms with E-state index in [0.29, 0.717) is 12.5 Å². The Balaban J connectivity index is 2.35. The molecule has 0 aliphatic rings. The molecular formula is C12H17ClO2. The molecule has 0 atom stereocenters. The van der Waals surface area contributed by atoms with Crippen LogP contribution in [0.15, 0.2) is 24.3 Å². The van der Waals surface area contributed by atoms with E-state index in [0.717, 1.165) is 30.9 Å². The number of halogens is 1. The van der Waals surface area contributed by atoms with Gasteiger partial charge in [0.1, 0.15) is 11.5 Å². The summed E-state index contributed by atoms with van der Waals surface area (Å²) < 4.78 is 10.9. The van der Waals surface area contributed by atoms with E-state index in [2.05, 4.69) is 6.92 Å². The van der Waals surface area contributed by atoms with Crippen LogP contribution in [0, 0.1) is 0 Å². The van der Waals surface area contributed by atoms with E-state index in [-0.39, 0.29) is 0 Å². The summed E-state index contributed by atoms with van der Waals surface area (Å²) in [4.78, 5) is 0. The van der Waals surface area contributed by atoms with Gasteiger partial charge in [-0.3, -0.25) is 0 Å². The highest BCUT2D eigenvalue weighted by Gasteiger charge is 1.95. The minimum Gasteiger partial charge on any atom is -0.494 e. The number of hydrogen-bond acceptors (Lipinski definition) is 2. The smallest absolute Gasteiger partial charge is 0.119 e. The average Bonchev–Trinajstić information content (AvgIpc) is 2.28. The van der Waals surface area contributed by atoms with E-state index >= 15 is 0 Å². The standard InChI is InChI=1S/C12H17ClO2/c1-2-9-14-11-4-6-12(7-5-11)15-10-3-8-13/h4-7H,2-3,8-10H2,1H3. The molecule has 15 heavy (non-hydrogen) atoms. The zero-order valence-electron chi connectivity index (χ0n) is 9.04. The summed E-state index contributed by atoms with van der Waals surface area (Å²) in [6.07, 6.45) is 1.89. The quantitative estimate of drug-likeness (QED) is 0.526. The van der Waals surface area contributed by atoms with Crippen molar-refractivity contribution in [3.63, 3.8) is 0 Å². The lowest BCUT2D eigenvalue weighted by molar-refractivity contribution is 0.309. The minimum absolute atomic E-state index is 0.637. The van der Waals surface area contributed by atoms with Crippen molar-refractivity contribution in [2.75, 3.05) is 19.1 Å². The van der Waals surface area contributed by atoms with Crippen LogP contribution < -0.4 is 9.47 Å². The van der Waals surface area contributed by atoms with E-state index in [1.807, 2.05) is 24.3 Å². The maximum Gasteiger partial charge on any atom is 0.119 e. The number of ether oxygens (including phenoxy) is 2. The Bertz CT molecular complexity index is 259. The van der Waals surface area contributed by atoms with Gasteiger partial charge in [-0.25, -0.2) is 0 Å². The van der Waals surface area contributed by atoms with Crippen molar-refractivity contribution in [2.45, 2.75) is 19.8 Å². The summed E-state index contributed by atoms with van der Waals surface area (Å²) in [7, 11) is 0. The molecule has 1 rings (SSSR count). The Morgan fingerprint density at radius 2 is 1.53 bits per heavy atom. The molecule has 0 saturated heterocycles. The molecule has 0 fully saturated rings. The second-order valence-electron chi connectivity index (χ2n) is 3.21. The molecule has 1 aromatic carbocycles. The molecule has 0 bridgehead atoms. The highest BCUT2D eigenvalue weighted by molar-refractivity contribution is 6.17. The first-order valence-electron chi connectivity index (χ1n) is 5.28. The van der Waals surface area contributed by atoms with E-state index in [1.54, 1.807) is 0 Å². The van der Waals surface area contributed by atoms with Crippen molar-refractivity contribution < 1.29 is 9.47 Å². The zero-order valence-corrected chi connectivity index (χ0v) is 9.80. The highest BCUT2D eigenvalue weighted by atomic mass is 35.5. The Morgan fingerprint density at radius 3 is 2.00 bits per heavy atom. The van der Waals surface area contributed by atoms with Crippen LogP contribution in [-0.4, -0.2) is 19.1 Å². The number of benzene rings is 1. The lowest BCUT2D eigenvalue weighted by Crippen LogP contribution is -1.98. The fourth-order valence-corrected chi connectivity index (χ4v) is 1.21. The molecule has 0 unspecified atom stereocenters. The van der Waals surface area contributed by atoms with Crippen molar-refractivity contribution >= 4 is 11.6 Å². The second-order valence-corrected chi connectivity index (χ2v) is 3.59. The van der Waals surface area contributed by atoms with E-state index in [9.17, 15) is 0 Å². The number of alkyl halides is 1. The molecule has 1 aromatic rings. The third-order valence-electron chi connectivity index (χ3n) is 1.84. The van der Waals surface area contributed by atoms with Crippen LogP contribution in [0.1, 0.15) is 19.8 Å². The van der Waals surface area contributed by atoms with Gasteiger partial charge in [-0.15, -0.1) is 11.6 Å². The average molecular weight is 229 g/mol. The second kappa shape index (κ2) is 7.41. The maximum atomic E-state index is 5.55. The van der Waals surface area contributed by atoms with E-state index in [1.165, 1.54) is 0 Å². The Morgan fingerprint density at radius 1 is 1.00 bits per heavy atom. The summed E-state index contributed by atoms with van der Waals surface area (Å²) in [6.45, 7) is 3.51. The summed E-state index contributed by atoms with van der Waals surface area (Å²) in [5, 5.41) is 0. The van der Waals surface area contributed by atoms with Crippen LogP contribution in [0.5, 0.6) is 11.5 Å². The minimum atomic E-state index is 0.637. The van der Waals surface area contributed by atoms with Gasteiger partial charge in [0, 0.05) is 5.88 Å². The summed E-state index contributed by atoms with van der Waals surface area (Å²) in [5.74, 6) is 2.39. The molecule has 0 heterocycles. The molecule has 0 radical (unpaired) electrons. The van der Waals surface area contributed by atoms with Crippen LogP contribution in [0.4, 0.5) is 0 Å². The van der Waals surface area contributed by atoms with Gasteiger partial charge in [-0.1, -0.05) is 6.92 Å². The molecule has 0 saturated carbocycles. The Labute approximate surface area is 96.2 Å². The normalized spacial score (nSPS) is 10.0. The predicted octanol–water partition coefficient (Wildman–Crippen LogP) is 3.48. The summed E-state index contributed by atoms with van der Waals surface area (Å²) in [5.41, 5.74) is 0. The number of hydrogen-bond donors (Lipinski definition) is 0. The van der Waals surface area contributed by atoms with Gasteiger partial charge in [0.05, 0.1) is 13.2 Å². The van der Waals surface area contributed by atoms with E-state index in [4.69, 9.17) is 21.1 Å². The van der Waals surface area contributed by atoms with Crippen LogP contribution in [-0.2, 0) is 0 Å². The third kappa shape index (κ3) is 4.93. The first kappa shape index (κ1) is 12.2. The van der Waals surface area contributed by atoms with Gasteiger partial charge >= 0.3 is 0 Å². The fourth-order valence-electron chi connectivity index (χ4n) is 1.10. The molecule has 0 N–H and O–H groups in total. The zero-order chi connectivity index (χ0) is 10.9. The lowest BCUT2D eigenvalue weighted by Gasteiger charge is -2.07. The SMILES string of the molecule is CCCOc1ccc(OCCCCl)cc1. The fraction of sp³-hybridized carbons (Fsp3) is 0.500. The van der Waals surface area contributed by atoms with Crippen LogP contribution >= 0.6 is 11.6 Å². The lowest BCUT2D eigenvalue weighted by atomic mass is 10.3. The van der Waals surface area contributed by atoms with Gasteiger partial charge in [0.25, 0.3) is 0 Å². The summed E-state index contributed by atoms with van der Waals surface area (Å²) in [6, 6.07) is 7.68. The van der Waals surface area contributed by atoms with Crippen LogP contribution in [0.2, 0.25) is 0 Å². The topological polar surface area (TPSA) is 18.5 Å². The predicted molar refractivity (Wildman–Crippen MR) is 63.1 cm³/mol. The van der Waals surface area contributed by atoms with Crippen molar-refractivity contribution in [2.24, 2.45) is 0 Å². The van der Waals surface area contributed by atoms with Gasteiger partial charge < -0.3 is 9.47 Å². The van der Waals surface area contributed by atoms with Crippen molar-refractivity contribution in [1.29, 1.82) is 0 Å². The van der Waals surface area contributed by atoms with Crippen molar-refractivity contribution in [3.8, 4) is 11.5 Å². The molecule has 84 valence electrons. The largest absolute Gasteiger partial charge is 0.494 e. The summed E-state index contributed by atoms with van der Waals surface area (Å²) >= 11 is 5.55. The Kier molecular flexibility index (Phi) is 6.02. The Hall–Kier alpha value is -0.890. The first-order chi connectivity index (χ1) is 7.36. The molecule has 3 heteroatoms. The van der Waals surface area contributed by atoms with Gasteiger partial charge in [0.2, 0.25) is 0 Å². The molecule has 2 nitrogen and oxygen atoms in total. The van der Waals surface area contributed by atoms with E-state index < -0.39 is 0 Å². The molecule has 0 spiro atoms. The van der Waals surface area contributed by atoms with Gasteiger partial charge in [-0.2, -0.15) is 0 Å². The van der Waals surface area contributed by atoms with Gasteiger partial charge in [0.15, 0.2) is 0 Å². The van der Waals surface area contributed by atoms with Crippen molar-refractivity contribution in [1.82, 2.24) is 0 Å². The number of rotatable bonds is 7. The molecule has 0 aliphatic heterocycles. The van der Waals surface area contributed by atoms with Crippen LogP contribution in [0.25, 0.3) is 0 Å². The molecular weight excluding hydrogens is 212 g/mol. The van der Waals surface area contributed by atoms with Crippen LogP contribution in [0.3, 0.4) is 0 Å². The third-order valence-corrected chi connectivity index (χ3v) is 2.11. The molecule has 0 aromatic heterocycles. The highest BCUT2D eigenvalue weighted by Crippen LogP contribution is 2.17. The monoisotopic (exact) mass is 228 g/mol. The first-order valence-corrected chi connectivity index (χ1v) is 5.82. The maximum absolute atomic E-state index is 5.55. The molecule has 0 amide bonds. The molecule has 0 aliphatic carbocycles. The van der Waals surface area contributed by atoms with Gasteiger partial charge in [-0.05, 0) is 37.1 Å².